The maximum absolute atomic E-state index is 15.2. The van der Waals surface area contributed by atoms with Crippen LogP contribution < -0.4 is 5.32 Å². The normalized spacial score (nSPS) is 29.7. The highest BCUT2D eigenvalue weighted by atomic mass is 19.4. The maximum Gasteiger partial charge on any atom is 0.418 e. The number of alkyl halides is 4. The van der Waals surface area contributed by atoms with Crippen LogP contribution in [0.25, 0.3) is 0 Å². The van der Waals surface area contributed by atoms with Crippen LogP contribution in [0.2, 0.25) is 0 Å². The Morgan fingerprint density at radius 1 is 1.21 bits per heavy atom. The molecular formula is C21H20F5N3O4. The molecule has 1 aromatic carbocycles. The lowest BCUT2D eigenvalue weighted by Crippen LogP contribution is -2.70. The molecule has 7 nitrogen and oxygen atoms in total. The van der Waals surface area contributed by atoms with Crippen LogP contribution in [0.1, 0.15) is 49.3 Å². The van der Waals surface area contributed by atoms with Gasteiger partial charge in [0.1, 0.15) is 12.5 Å². The second-order valence-corrected chi connectivity index (χ2v) is 8.11. The van der Waals surface area contributed by atoms with Gasteiger partial charge in [0.15, 0.2) is 0 Å². The summed E-state index contributed by atoms with van der Waals surface area (Å²) in [6.45, 7) is 0.617. The SMILES string of the molecule is CC1NC(CF)C(C)(C(=O)O)C(c2c(F)ccc(C#N)c2C(F)(F)F)C1(CCC#N)C(=O)O. The van der Waals surface area contributed by atoms with Crippen molar-refractivity contribution in [3.05, 3.63) is 34.6 Å². The topological polar surface area (TPSA) is 134 Å². The Morgan fingerprint density at radius 2 is 1.82 bits per heavy atom. The Morgan fingerprint density at radius 3 is 2.24 bits per heavy atom. The molecule has 0 amide bonds. The monoisotopic (exact) mass is 473 g/mol. The van der Waals surface area contributed by atoms with Gasteiger partial charge in [0, 0.05) is 23.9 Å². The van der Waals surface area contributed by atoms with Gasteiger partial charge in [-0.2, -0.15) is 23.7 Å². The lowest BCUT2D eigenvalue weighted by atomic mass is 9.50. The predicted octanol–water partition coefficient (Wildman–Crippen LogP) is 3.60. The zero-order valence-corrected chi connectivity index (χ0v) is 17.5. The van der Waals surface area contributed by atoms with E-state index < -0.39 is 89.0 Å². The van der Waals surface area contributed by atoms with Crippen LogP contribution in [-0.4, -0.2) is 40.9 Å². The fraction of sp³-hybridized carbons (Fsp3) is 0.524. The van der Waals surface area contributed by atoms with Gasteiger partial charge in [0.25, 0.3) is 0 Å². The zero-order valence-electron chi connectivity index (χ0n) is 17.5. The zero-order chi connectivity index (χ0) is 25.4. The van der Waals surface area contributed by atoms with Gasteiger partial charge in [-0.05, 0) is 32.4 Å². The molecule has 3 N–H and O–H groups in total. The highest BCUT2D eigenvalue weighted by Gasteiger charge is 2.67. The first kappa shape index (κ1) is 26.0. The van der Waals surface area contributed by atoms with Crippen molar-refractivity contribution in [3.63, 3.8) is 0 Å². The maximum atomic E-state index is 15.2. The average Bonchev–Trinajstić information content (AvgIpc) is 2.73. The third kappa shape index (κ3) is 3.89. The van der Waals surface area contributed by atoms with Crippen molar-refractivity contribution >= 4 is 11.9 Å². The van der Waals surface area contributed by atoms with E-state index in [1.807, 2.05) is 0 Å². The lowest BCUT2D eigenvalue weighted by Gasteiger charge is -2.56. The summed E-state index contributed by atoms with van der Waals surface area (Å²) in [5, 5.41) is 41.0. The number of benzene rings is 1. The van der Waals surface area contributed by atoms with Crippen LogP contribution in [0.4, 0.5) is 22.0 Å². The summed E-state index contributed by atoms with van der Waals surface area (Å²) < 4.78 is 71.5. The smallest absolute Gasteiger partial charge is 0.418 e. The molecule has 33 heavy (non-hydrogen) atoms. The van der Waals surface area contributed by atoms with Crippen LogP contribution in [-0.2, 0) is 15.8 Å². The van der Waals surface area contributed by atoms with E-state index in [-0.39, 0.29) is 0 Å². The fourth-order valence-electron chi connectivity index (χ4n) is 4.96. The molecule has 0 aliphatic carbocycles. The molecule has 12 heteroatoms. The van der Waals surface area contributed by atoms with E-state index in [9.17, 15) is 42.6 Å². The van der Waals surface area contributed by atoms with Crippen molar-refractivity contribution in [1.82, 2.24) is 5.32 Å². The molecule has 1 saturated heterocycles. The average molecular weight is 473 g/mol. The minimum Gasteiger partial charge on any atom is -0.481 e. The minimum absolute atomic E-state index is 0.513. The Kier molecular flexibility index (Phi) is 7.05. The van der Waals surface area contributed by atoms with E-state index in [4.69, 9.17) is 5.26 Å². The molecule has 0 radical (unpaired) electrons. The second kappa shape index (κ2) is 8.94. The van der Waals surface area contributed by atoms with Gasteiger partial charge < -0.3 is 15.5 Å². The van der Waals surface area contributed by atoms with Crippen molar-refractivity contribution < 1.29 is 41.8 Å². The summed E-state index contributed by atoms with van der Waals surface area (Å²) in [6, 6.07) is 0.946. The summed E-state index contributed by atoms with van der Waals surface area (Å²) >= 11 is 0. The molecule has 0 bridgehead atoms. The summed E-state index contributed by atoms with van der Waals surface area (Å²) in [6.07, 6.45) is -6.56. The number of halogens is 5. The first-order valence-electron chi connectivity index (χ1n) is 9.70. The van der Waals surface area contributed by atoms with E-state index in [0.29, 0.717) is 12.1 Å². The number of piperidine rings is 1. The molecule has 1 aliphatic heterocycles. The number of nitrogens with one attached hydrogen (secondary N) is 1. The number of hydrogen-bond donors (Lipinski definition) is 3. The van der Waals surface area contributed by atoms with Gasteiger partial charge in [-0.15, -0.1) is 0 Å². The molecule has 5 atom stereocenters. The fourth-order valence-corrected chi connectivity index (χ4v) is 4.96. The Balaban J connectivity index is 3.18. The highest BCUT2D eigenvalue weighted by Crippen LogP contribution is 2.59. The number of carboxylic acid groups (broad SMARTS) is 2. The molecule has 0 aromatic heterocycles. The van der Waals surface area contributed by atoms with Crippen LogP contribution in [0, 0.1) is 39.3 Å². The molecule has 5 unspecified atom stereocenters. The molecular weight excluding hydrogens is 453 g/mol. The third-order valence-corrected chi connectivity index (χ3v) is 6.61. The van der Waals surface area contributed by atoms with E-state index >= 15 is 4.39 Å². The molecule has 1 heterocycles. The van der Waals surface area contributed by atoms with Gasteiger partial charge in [-0.1, -0.05) is 0 Å². The predicted molar refractivity (Wildman–Crippen MR) is 102 cm³/mol. The molecule has 0 saturated carbocycles. The standard InChI is InChI=1S/C21H20F5N3O4/c1-10-20(18(32)33,6-3-7-27)16(19(2,17(30)31)13(8-22)29-10)14-12(23)5-4-11(9-28)15(14)21(24,25)26/h4-5,10,13,16,29H,3,6,8H2,1-2H3,(H,30,31)(H,32,33). The van der Waals surface area contributed by atoms with Crippen molar-refractivity contribution in [1.29, 1.82) is 10.5 Å². The number of nitriles is 2. The highest BCUT2D eigenvalue weighted by molar-refractivity contribution is 5.84. The summed E-state index contributed by atoms with van der Waals surface area (Å²) in [5.41, 5.74) is -9.29. The van der Waals surface area contributed by atoms with Crippen LogP contribution in [0.5, 0.6) is 0 Å². The van der Waals surface area contributed by atoms with E-state index in [0.717, 1.165) is 6.92 Å². The Hall–Kier alpha value is -3.25. The number of rotatable bonds is 6. The molecule has 178 valence electrons. The molecule has 1 aromatic rings. The molecule has 1 fully saturated rings. The summed E-state index contributed by atoms with van der Waals surface area (Å²) in [7, 11) is 0. The van der Waals surface area contributed by atoms with Gasteiger partial charge in [0.05, 0.1) is 40.1 Å². The van der Waals surface area contributed by atoms with Gasteiger partial charge in [-0.25, -0.2) is 8.78 Å². The first-order chi connectivity index (χ1) is 15.2. The van der Waals surface area contributed by atoms with Crippen molar-refractivity contribution in [3.8, 4) is 12.1 Å². The number of nitrogens with zero attached hydrogens (tertiary/aromatic N) is 2. The van der Waals surface area contributed by atoms with Gasteiger partial charge in [0.2, 0.25) is 0 Å². The number of hydrogen-bond acceptors (Lipinski definition) is 5. The number of carbonyl (C=O) groups is 2. The number of carboxylic acids is 2. The van der Waals surface area contributed by atoms with E-state index in [2.05, 4.69) is 5.32 Å². The van der Waals surface area contributed by atoms with Crippen molar-refractivity contribution in [2.45, 2.75) is 50.9 Å². The van der Waals surface area contributed by atoms with E-state index in [1.165, 1.54) is 13.0 Å². The Bertz CT molecular complexity index is 1050. The van der Waals surface area contributed by atoms with E-state index in [1.54, 1.807) is 6.07 Å². The largest absolute Gasteiger partial charge is 0.481 e. The van der Waals surface area contributed by atoms with Crippen molar-refractivity contribution in [2.75, 3.05) is 6.67 Å². The van der Waals surface area contributed by atoms with Crippen LogP contribution in [0.3, 0.4) is 0 Å². The first-order valence-corrected chi connectivity index (χ1v) is 9.70. The summed E-state index contributed by atoms with van der Waals surface area (Å²) in [5.74, 6) is -7.54. The number of aliphatic carboxylic acids is 2. The second-order valence-electron chi connectivity index (χ2n) is 8.11. The third-order valence-electron chi connectivity index (χ3n) is 6.61. The van der Waals surface area contributed by atoms with Crippen LogP contribution in [0.15, 0.2) is 12.1 Å². The van der Waals surface area contributed by atoms with Gasteiger partial charge in [-0.3, -0.25) is 9.59 Å². The molecule has 1 aliphatic rings. The lowest BCUT2D eigenvalue weighted by molar-refractivity contribution is -0.174. The molecule has 2 rings (SSSR count). The van der Waals surface area contributed by atoms with Crippen molar-refractivity contribution in [2.24, 2.45) is 10.8 Å². The summed E-state index contributed by atoms with van der Waals surface area (Å²) in [4.78, 5) is 25.0. The quantitative estimate of drug-likeness (QED) is 0.538. The Labute approximate surface area is 185 Å². The van der Waals surface area contributed by atoms with Gasteiger partial charge >= 0.3 is 18.1 Å². The molecule has 0 spiro atoms. The van der Waals surface area contributed by atoms with Crippen LogP contribution >= 0.6 is 0 Å². The minimum atomic E-state index is -5.37.